The van der Waals surface area contributed by atoms with Crippen molar-refractivity contribution in [1.29, 1.82) is 0 Å². The van der Waals surface area contributed by atoms with Crippen LogP contribution in [-0.2, 0) is 33.4 Å². The van der Waals surface area contributed by atoms with E-state index in [4.69, 9.17) is 18.6 Å². The first-order valence-electron chi connectivity index (χ1n) is 14.3. The first-order valence-corrected chi connectivity index (χ1v) is 14.3. The zero-order chi connectivity index (χ0) is 30.1. The summed E-state index contributed by atoms with van der Waals surface area (Å²) in [6.45, 7) is 11.0. The molecule has 3 aliphatic carbocycles. The number of rotatable bonds is 5. The largest absolute Gasteiger partial charge is 0.472 e. The molecule has 3 unspecified atom stereocenters. The molecule has 0 aromatic carbocycles. The van der Waals surface area contributed by atoms with Crippen LogP contribution in [0.15, 0.2) is 45.8 Å². The van der Waals surface area contributed by atoms with Gasteiger partial charge < -0.3 is 23.7 Å². The fraction of sp³-hybridized carbons (Fsp3) is 0.625. The summed E-state index contributed by atoms with van der Waals surface area (Å²) in [5.74, 6) is -3.83. The molecule has 1 saturated heterocycles. The molecule has 1 aromatic rings. The summed E-state index contributed by atoms with van der Waals surface area (Å²) < 4.78 is 22.3. The molecule has 0 radical (unpaired) electrons. The SMILES string of the molecule is C/C=C(\C)C(=O)OC1[C@@H]2CC3=C4CC(=O)O[C@@H](c5ccoc5)[C@]4(C)CCC3[C@@](C)(C2=O)[C@@H](C(O)C(=O)OC)C1(C)C. The van der Waals surface area contributed by atoms with E-state index in [2.05, 4.69) is 6.92 Å². The van der Waals surface area contributed by atoms with Crippen molar-refractivity contribution in [3.63, 3.8) is 0 Å². The highest BCUT2D eigenvalue weighted by Gasteiger charge is 2.70. The first-order chi connectivity index (χ1) is 19.2. The smallest absolute Gasteiger partial charge is 0.335 e. The van der Waals surface area contributed by atoms with Gasteiger partial charge in [-0.05, 0) is 50.7 Å². The Balaban J connectivity index is 1.71. The van der Waals surface area contributed by atoms with E-state index in [-0.39, 0.29) is 24.1 Å². The Morgan fingerprint density at radius 2 is 1.90 bits per heavy atom. The van der Waals surface area contributed by atoms with Crippen LogP contribution in [0.25, 0.3) is 0 Å². The number of aliphatic hydroxyl groups is 1. The number of cyclic esters (lactones) is 1. The molecule has 0 spiro atoms. The van der Waals surface area contributed by atoms with Gasteiger partial charge in [-0.3, -0.25) is 9.59 Å². The molecular formula is C32H40O9. The Labute approximate surface area is 240 Å². The van der Waals surface area contributed by atoms with Gasteiger partial charge in [0.05, 0.1) is 32.0 Å². The fourth-order valence-electron chi connectivity index (χ4n) is 8.72. The van der Waals surface area contributed by atoms with Gasteiger partial charge in [-0.15, -0.1) is 0 Å². The van der Waals surface area contributed by atoms with Crippen molar-refractivity contribution in [2.75, 3.05) is 7.11 Å². The molecule has 2 heterocycles. The van der Waals surface area contributed by atoms with Gasteiger partial charge in [0.1, 0.15) is 18.0 Å². The van der Waals surface area contributed by atoms with E-state index in [0.717, 1.165) is 16.7 Å². The number of carbonyl (C=O) groups excluding carboxylic acids is 4. The number of allylic oxidation sites excluding steroid dienone is 2. The number of aliphatic hydroxyl groups excluding tert-OH is 1. The van der Waals surface area contributed by atoms with Crippen LogP contribution in [0.1, 0.15) is 78.9 Å². The van der Waals surface area contributed by atoms with Crippen LogP contribution < -0.4 is 0 Å². The highest BCUT2D eigenvalue weighted by Crippen LogP contribution is 2.68. The number of carbonyl (C=O) groups is 4. The molecule has 3 fully saturated rings. The van der Waals surface area contributed by atoms with E-state index >= 15 is 0 Å². The summed E-state index contributed by atoms with van der Waals surface area (Å²) in [6.07, 6.45) is 3.34. The van der Waals surface area contributed by atoms with E-state index in [9.17, 15) is 24.3 Å². The summed E-state index contributed by atoms with van der Waals surface area (Å²) in [5.41, 5.74) is 0.392. The number of hydrogen-bond acceptors (Lipinski definition) is 9. The number of hydrogen-bond donors (Lipinski definition) is 1. The number of esters is 3. The first kappa shape index (κ1) is 29.3. The van der Waals surface area contributed by atoms with Gasteiger partial charge in [0, 0.05) is 33.3 Å². The molecule has 8 atom stereocenters. The van der Waals surface area contributed by atoms with E-state index in [1.54, 1.807) is 38.5 Å². The third-order valence-electron chi connectivity index (χ3n) is 10.8. The molecule has 5 rings (SSSR count). The van der Waals surface area contributed by atoms with Crippen molar-refractivity contribution in [2.24, 2.45) is 34.0 Å². The van der Waals surface area contributed by atoms with Gasteiger partial charge in [0.15, 0.2) is 6.10 Å². The summed E-state index contributed by atoms with van der Waals surface area (Å²) >= 11 is 0. The zero-order valence-electron chi connectivity index (χ0n) is 24.8. The topological polar surface area (TPSA) is 129 Å². The standard InChI is InChI=1S/C32H40O9/c1-8-16(2)28(36)41-27-19-13-18-20(32(6,25(19)35)24(30(27,3)4)23(34)29(37)38-7)9-11-31(5)21(18)14-22(33)40-26(31)17-10-12-39-15-17/h8,10,12,15,19-20,23-24,26-27,34H,9,11,13-14H2,1-7H3/b16-8+/t19-,20?,23?,24+,26+,27?,31-,32-/m1/s1. The third kappa shape index (κ3) is 4.14. The van der Waals surface area contributed by atoms with Crippen molar-refractivity contribution >= 4 is 23.7 Å². The summed E-state index contributed by atoms with van der Waals surface area (Å²) in [6, 6.07) is 1.80. The predicted molar refractivity (Wildman–Crippen MR) is 146 cm³/mol. The molecule has 1 aliphatic heterocycles. The van der Waals surface area contributed by atoms with E-state index < -0.39 is 58.3 Å². The second-order valence-electron chi connectivity index (χ2n) is 13.1. The van der Waals surface area contributed by atoms with Crippen LogP contribution in [0.3, 0.4) is 0 Å². The molecule has 1 aromatic heterocycles. The van der Waals surface area contributed by atoms with Crippen LogP contribution in [0.5, 0.6) is 0 Å². The summed E-state index contributed by atoms with van der Waals surface area (Å²) in [7, 11) is 1.20. The zero-order valence-corrected chi connectivity index (χ0v) is 24.8. The average molecular weight is 569 g/mol. The minimum absolute atomic E-state index is 0.0867. The van der Waals surface area contributed by atoms with E-state index in [1.165, 1.54) is 7.11 Å². The number of furan rings is 1. The fourth-order valence-corrected chi connectivity index (χ4v) is 8.72. The monoisotopic (exact) mass is 568 g/mol. The lowest BCUT2D eigenvalue weighted by atomic mass is 9.40. The highest BCUT2D eigenvalue weighted by molar-refractivity contribution is 5.94. The minimum Gasteiger partial charge on any atom is -0.472 e. The molecule has 222 valence electrons. The van der Waals surface area contributed by atoms with Crippen LogP contribution in [0.4, 0.5) is 0 Å². The predicted octanol–water partition coefficient (Wildman–Crippen LogP) is 4.64. The lowest BCUT2D eigenvalue weighted by Crippen LogP contribution is -2.69. The number of fused-ring (bicyclic) bond motifs is 5. The van der Waals surface area contributed by atoms with Crippen molar-refractivity contribution in [3.05, 3.63) is 47.0 Å². The molecule has 4 aliphatic rings. The average Bonchev–Trinajstić information content (AvgIpc) is 3.46. The molecule has 1 N–H and O–H groups in total. The number of ketones is 1. The molecule has 2 saturated carbocycles. The van der Waals surface area contributed by atoms with Gasteiger partial charge >= 0.3 is 17.9 Å². The molecule has 41 heavy (non-hydrogen) atoms. The summed E-state index contributed by atoms with van der Waals surface area (Å²) in [4.78, 5) is 53.5. The third-order valence-corrected chi connectivity index (χ3v) is 10.8. The van der Waals surface area contributed by atoms with Crippen molar-refractivity contribution in [1.82, 2.24) is 0 Å². The lowest BCUT2D eigenvalue weighted by Gasteiger charge is -2.64. The van der Waals surface area contributed by atoms with Gasteiger partial charge in [0.25, 0.3) is 0 Å². The Kier molecular flexibility index (Phi) is 7.12. The van der Waals surface area contributed by atoms with Crippen molar-refractivity contribution < 1.29 is 42.9 Å². The Morgan fingerprint density at radius 1 is 1.20 bits per heavy atom. The molecule has 2 bridgehead atoms. The Bertz CT molecular complexity index is 1330. The van der Waals surface area contributed by atoms with Gasteiger partial charge in [0.2, 0.25) is 0 Å². The van der Waals surface area contributed by atoms with Crippen LogP contribution in [-0.4, -0.2) is 48.1 Å². The van der Waals surface area contributed by atoms with Gasteiger partial charge in [-0.25, -0.2) is 9.59 Å². The Morgan fingerprint density at radius 3 is 2.51 bits per heavy atom. The van der Waals surface area contributed by atoms with Crippen LogP contribution in [0.2, 0.25) is 0 Å². The normalized spacial score (nSPS) is 37.0. The number of Topliss-reactive ketones (excluding diaryl/α,β-unsaturated/α-hetero) is 1. The van der Waals surface area contributed by atoms with Crippen LogP contribution >= 0.6 is 0 Å². The van der Waals surface area contributed by atoms with Crippen molar-refractivity contribution in [3.8, 4) is 0 Å². The van der Waals surface area contributed by atoms with Gasteiger partial charge in [-0.1, -0.05) is 39.3 Å². The highest BCUT2D eigenvalue weighted by atomic mass is 16.6. The van der Waals surface area contributed by atoms with E-state index in [1.807, 2.05) is 20.8 Å². The second-order valence-corrected chi connectivity index (χ2v) is 13.1. The lowest BCUT2D eigenvalue weighted by molar-refractivity contribution is -0.211. The second kappa shape index (κ2) is 9.96. The quantitative estimate of drug-likeness (QED) is 0.234. The van der Waals surface area contributed by atoms with Crippen LogP contribution in [0, 0.1) is 34.0 Å². The maximum absolute atomic E-state index is 14.5. The van der Waals surface area contributed by atoms with Gasteiger partial charge in [-0.2, -0.15) is 0 Å². The van der Waals surface area contributed by atoms with E-state index in [0.29, 0.717) is 24.8 Å². The molecule has 9 nitrogen and oxygen atoms in total. The number of ether oxygens (including phenoxy) is 3. The van der Waals surface area contributed by atoms with Crippen molar-refractivity contribution in [2.45, 2.75) is 85.5 Å². The molecular weight excluding hydrogens is 528 g/mol. The maximum Gasteiger partial charge on any atom is 0.335 e. The Hall–Kier alpha value is -3.20. The maximum atomic E-state index is 14.5. The minimum atomic E-state index is -1.62. The molecule has 9 heteroatoms. The summed E-state index contributed by atoms with van der Waals surface area (Å²) in [5, 5.41) is 11.5. The molecule has 0 amide bonds. The number of methoxy groups -OCH3 is 1.